The summed E-state index contributed by atoms with van der Waals surface area (Å²) in [6.45, 7) is 0. The Hall–Kier alpha value is -2.21. The van der Waals surface area contributed by atoms with Gasteiger partial charge in [0.1, 0.15) is 5.75 Å². The molecule has 2 aromatic carbocycles. The number of phenolic OH excluding ortho intramolecular Hbond substituents is 2. The molecule has 2 rings (SSSR count). The standard InChI is InChI=1S/C18H19BrO5/c1-24-17-10-15(19)14(9-16(17)21)13(18(22)23)7-3-5-11-4-2-6-12(20)8-11/h2,4,6,8-10,13,20-21H,3,5,7H2,1H3,(H,22,23). The molecule has 0 aliphatic heterocycles. The van der Waals surface area contributed by atoms with Crippen molar-refractivity contribution >= 4 is 21.9 Å². The topological polar surface area (TPSA) is 87.0 Å². The molecule has 128 valence electrons. The van der Waals surface area contributed by atoms with Crippen molar-refractivity contribution < 1.29 is 24.9 Å². The molecule has 1 unspecified atom stereocenters. The van der Waals surface area contributed by atoms with Crippen LogP contribution < -0.4 is 4.74 Å². The summed E-state index contributed by atoms with van der Waals surface area (Å²) in [5.74, 6) is -1.29. The molecule has 0 aliphatic carbocycles. The number of phenols is 2. The zero-order valence-corrected chi connectivity index (χ0v) is 14.8. The normalized spacial score (nSPS) is 11.9. The minimum Gasteiger partial charge on any atom is -0.508 e. The highest BCUT2D eigenvalue weighted by Gasteiger charge is 2.23. The van der Waals surface area contributed by atoms with Gasteiger partial charge in [-0.05, 0) is 54.7 Å². The molecular weight excluding hydrogens is 376 g/mol. The third kappa shape index (κ3) is 4.41. The van der Waals surface area contributed by atoms with E-state index in [1.807, 2.05) is 6.07 Å². The highest BCUT2D eigenvalue weighted by molar-refractivity contribution is 9.10. The molecule has 0 heterocycles. The van der Waals surface area contributed by atoms with Gasteiger partial charge in [0.2, 0.25) is 0 Å². The molecule has 0 radical (unpaired) electrons. The minimum absolute atomic E-state index is 0.0880. The average molecular weight is 395 g/mol. The molecular formula is C18H19BrO5. The Kier molecular flexibility index (Phi) is 6.09. The van der Waals surface area contributed by atoms with Crippen molar-refractivity contribution in [3.05, 3.63) is 52.0 Å². The third-order valence-corrected chi connectivity index (χ3v) is 4.53. The number of ether oxygens (including phenoxy) is 1. The van der Waals surface area contributed by atoms with Crippen LogP contribution in [0.2, 0.25) is 0 Å². The van der Waals surface area contributed by atoms with Crippen molar-refractivity contribution in [2.45, 2.75) is 25.2 Å². The number of benzene rings is 2. The van der Waals surface area contributed by atoms with E-state index in [1.165, 1.54) is 13.2 Å². The van der Waals surface area contributed by atoms with E-state index in [0.717, 1.165) is 5.56 Å². The maximum Gasteiger partial charge on any atom is 0.311 e. The fourth-order valence-corrected chi connectivity index (χ4v) is 3.22. The van der Waals surface area contributed by atoms with Crippen molar-refractivity contribution in [1.29, 1.82) is 0 Å². The summed E-state index contributed by atoms with van der Waals surface area (Å²) in [7, 11) is 1.44. The van der Waals surface area contributed by atoms with Crippen molar-refractivity contribution in [2.75, 3.05) is 7.11 Å². The van der Waals surface area contributed by atoms with E-state index in [9.17, 15) is 20.1 Å². The van der Waals surface area contributed by atoms with Crippen molar-refractivity contribution in [2.24, 2.45) is 0 Å². The van der Waals surface area contributed by atoms with Gasteiger partial charge in [0.05, 0.1) is 13.0 Å². The van der Waals surface area contributed by atoms with Crippen LogP contribution in [0.3, 0.4) is 0 Å². The Morgan fingerprint density at radius 2 is 2.00 bits per heavy atom. The van der Waals surface area contributed by atoms with Crippen LogP contribution in [0.1, 0.15) is 29.9 Å². The number of aryl methyl sites for hydroxylation is 1. The van der Waals surface area contributed by atoms with E-state index in [1.54, 1.807) is 24.3 Å². The number of methoxy groups -OCH3 is 1. The summed E-state index contributed by atoms with van der Waals surface area (Å²) in [6, 6.07) is 9.92. The fourth-order valence-electron chi connectivity index (χ4n) is 2.62. The molecule has 0 aliphatic rings. The van der Waals surface area contributed by atoms with Gasteiger partial charge in [-0.25, -0.2) is 0 Å². The summed E-state index contributed by atoms with van der Waals surface area (Å²) in [4.78, 5) is 11.6. The highest BCUT2D eigenvalue weighted by atomic mass is 79.9. The molecule has 0 fully saturated rings. The number of hydrogen-bond donors (Lipinski definition) is 3. The first-order valence-electron chi connectivity index (χ1n) is 7.49. The van der Waals surface area contributed by atoms with E-state index < -0.39 is 11.9 Å². The first kappa shape index (κ1) is 18.1. The molecule has 2 aromatic rings. The van der Waals surface area contributed by atoms with Gasteiger partial charge in [0, 0.05) is 4.47 Å². The first-order chi connectivity index (χ1) is 11.4. The summed E-state index contributed by atoms with van der Waals surface area (Å²) in [6.07, 6.45) is 1.72. The molecule has 6 heteroatoms. The highest BCUT2D eigenvalue weighted by Crippen LogP contribution is 2.37. The van der Waals surface area contributed by atoms with Crippen LogP contribution in [0.15, 0.2) is 40.9 Å². The number of aliphatic carboxylic acids is 1. The fraction of sp³-hybridized carbons (Fsp3) is 0.278. The monoisotopic (exact) mass is 394 g/mol. The lowest BCUT2D eigenvalue weighted by Gasteiger charge is -2.16. The Labute approximate surface area is 148 Å². The predicted octanol–water partition coefficient (Wildman–Crippen LogP) is 4.06. The molecule has 0 saturated carbocycles. The molecule has 1 atom stereocenters. The van der Waals surface area contributed by atoms with Gasteiger partial charge >= 0.3 is 5.97 Å². The van der Waals surface area contributed by atoms with Gasteiger partial charge < -0.3 is 20.1 Å². The van der Waals surface area contributed by atoms with E-state index >= 15 is 0 Å². The van der Waals surface area contributed by atoms with Crippen LogP contribution in [0.5, 0.6) is 17.2 Å². The second kappa shape index (κ2) is 8.06. The van der Waals surface area contributed by atoms with Crippen LogP contribution in [0.4, 0.5) is 0 Å². The van der Waals surface area contributed by atoms with E-state index in [4.69, 9.17) is 4.74 Å². The number of halogens is 1. The molecule has 0 saturated heterocycles. The zero-order valence-electron chi connectivity index (χ0n) is 13.2. The van der Waals surface area contributed by atoms with E-state index in [-0.39, 0.29) is 17.2 Å². The van der Waals surface area contributed by atoms with Gasteiger partial charge in [-0.3, -0.25) is 4.79 Å². The molecule has 0 amide bonds. The predicted molar refractivity (Wildman–Crippen MR) is 93.8 cm³/mol. The lowest BCUT2D eigenvalue weighted by molar-refractivity contribution is -0.139. The Balaban J connectivity index is 2.12. The van der Waals surface area contributed by atoms with Gasteiger partial charge in [-0.15, -0.1) is 0 Å². The number of aromatic hydroxyl groups is 2. The van der Waals surface area contributed by atoms with E-state index in [0.29, 0.717) is 29.3 Å². The first-order valence-corrected chi connectivity index (χ1v) is 8.28. The van der Waals surface area contributed by atoms with Crippen molar-refractivity contribution in [1.82, 2.24) is 0 Å². The average Bonchev–Trinajstić information content (AvgIpc) is 2.53. The Bertz CT molecular complexity index is 729. The largest absolute Gasteiger partial charge is 0.508 e. The minimum atomic E-state index is -0.948. The van der Waals surface area contributed by atoms with Crippen LogP contribution in [0, 0.1) is 0 Å². The molecule has 0 spiro atoms. The van der Waals surface area contributed by atoms with Crippen LogP contribution in [-0.2, 0) is 11.2 Å². The lowest BCUT2D eigenvalue weighted by Crippen LogP contribution is -2.13. The van der Waals surface area contributed by atoms with Crippen molar-refractivity contribution in [3.8, 4) is 17.2 Å². The summed E-state index contributed by atoms with van der Waals surface area (Å²) >= 11 is 3.35. The SMILES string of the molecule is COc1cc(Br)c(C(CCCc2cccc(O)c2)C(=O)O)cc1O. The molecule has 3 N–H and O–H groups in total. The van der Waals surface area contributed by atoms with Gasteiger partial charge in [-0.2, -0.15) is 0 Å². The summed E-state index contributed by atoms with van der Waals surface area (Å²) in [5, 5.41) is 28.9. The van der Waals surface area contributed by atoms with Crippen LogP contribution in [0.25, 0.3) is 0 Å². The number of carboxylic acids is 1. The maximum absolute atomic E-state index is 11.6. The number of carbonyl (C=O) groups is 1. The molecule has 24 heavy (non-hydrogen) atoms. The van der Waals surface area contributed by atoms with Crippen LogP contribution in [-0.4, -0.2) is 28.4 Å². The lowest BCUT2D eigenvalue weighted by atomic mass is 9.92. The Morgan fingerprint density at radius 1 is 1.25 bits per heavy atom. The van der Waals surface area contributed by atoms with Gasteiger partial charge in [0.15, 0.2) is 11.5 Å². The summed E-state index contributed by atoms with van der Waals surface area (Å²) in [5.41, 5.74) is 1.47. The van der Waals surface area contributed by atoms with Crippen LogP contribution >= 0.6 is 15.9 Å². The van der Waals surface area contributed by atoms with Gasteiger partial charge in [0.25, 0.3) is 0 Å². The number of rotatable bonds is 7. The van der Waals surface area contributed by atoms with Gasteiger partial charge in [-0.1, -0.05) is 28.1 Å². The molecule has 0 bridgehead atoms. The molecule has 0 aromatic heterocycles. The Morgan fingerprint density at radius 3 is 2.62 bits per heavy atom. The number of hydrogen-bond acceptors (Lipinski definition) is 4. The molecule has 5 nitrogen and oxygen atoms in total. The van der Waals surface area contributed by atoms with Crippen molar-refractivity contribution in [3.63, 3.8) is 0 Å². The quantitative estimate of drug-likeness (QED) is 0.658. The second-order valence-corrected chi connectivity index (χ2v) is 6.35. The number of carboxylic acid groups (broad SMARTS) is 1. The smallest absolute Gasteiger partial charge is 0.311 e. The van der Waals surface area contributed by atoms with E-state index in [2.05, 4.69) is 15.9 Å². The zero-order chi connectivity index (χ0) is 17.7. The summed E-state index contributed by atoms with van der Waals surface area (Å²) < 4.78 is 5.61. The third-order valence-electron chi connectivity index (χ3n) is 3.84. The second-order valence-electron chi connectivity index (χ2n) is 5.50. The maximum atomic E-state index is 11.6.